The first-order valence-electron chi connectivity index (χ1n) is 10.4. The largest absolute Gasteiger partial charge is 0.393 e. The maximum Gasteiger partial charge on any atom is 0.393 e. The molecule has 2 aliphatic heterocycles. The van der Waals surface area contributed by atoms with Gasteiger partial charge in [-0.05, 0) is 37.4 Å². The third-order valence-corrected chi connectivity index (χ3v) is 7.36. The number of likely N-dealkylation sites (tertiary alicyclic amines) is 1. The van der Waals surface area contributed by atoms with E-state index in [1.165, 1.54) is 12.4 Å². The number of aromatic nitrogens is 2. The Hall–Kier alpha value is -2.26. The summed E-state index contributed by atoms with van der Waals surface area (Å²) < 4.78 is 52.6. The van der Waals surface area contributed by atoms with Crippen LogP contribution in [0, 0.1) is 11.7 Å². The topological polar surface area (TPSA) is 32.3 Å². The lowest BCUT2D eigenvalue weighted by molar-refractivity contribution is -0.126. The molecule has 2 saturated heterocycles. The first kappa shape index (κ1) is 20.6. The minimum Gasteiger partial charge on any atom is -0.356 e. The van der Waals surface area contributed by atoms with Crippen LogP contribution in [-0.2, 0) is 13.0 Å². The molecule has 0 bridgehead atoms. The number of hydrogen-bond donors (Lipinski definition) is 0. The smallest absolute Gasteiger partial charge is 0.356 e. The summed E-state index contributed by atoms with van der Waals surface area (Å²) >= 11 is 1.08. The number of anilines is 1. The molecule has 0 saturated carbocycles. The fraction of sp³-hybridized carbons (Fsp3) is 0.455. The van der Waals surface area contributed by atoms with Crippen LogP contribution in [-0.4, -0.2) is 46.7 Å². The van der Waals surface area contributed by atoms with Gasteiger partial charge >= 0.3 is 6.18 Å². The minimum atomic E-state index is -4.24. The molecule has 1 aromatic carbocycles. The zero-order chi connectivity index (χ0) is 21.6. The summed E-state index contributed by atoms with van der Waals surface area (Å²) in [7, 11) is 0. The number of piperidine rings is 1. The molecule has 2 fully saturated rings. The molecule has 31 heavy (non-hydrogen) atoms. The molecule has 0 unspecified atom stereocenters. The number of alkyl halides is 3. The van der Waals surface area contributed by atoms with Gasteiger partial charge in [-0.1, -0.05) is 18.2 Å². The fourth-order valence-corrected chi connectivity index (χ4v) is 5.97. The average molecular weight is 451 g/mol. The van der Waals surface area contributed by atoms with Crippen molar-refractivity contribution < 1.29 is 17.6 Å². The highest BCUT2D eigenvalue weighted by Gasteiger charge is 2.39. The van der Waals surface area contributed by atoms with Crippen molar-refractivity contribution in [1.29, 1.82) is 0 Å². The monoisotopic (exact) mass is 450 g/mol. The summed E-state index contributed by atoms with van der Waals surface area (Å²) in [5.74, 6) is 0.985. The Bertz CT molecular complexity index is 1080. The van der Waals surface area contributed by atoms with E-state index in [0.29, 0.717) is 28.7 Å². The highest BCUT2D eigenvalue weighted by atomic mass is 32.1. The van der Waals surface area contributed by atoms with Gasteiger partial charge in [0.2, 0.25) is 0 Å². The first-order chi connectivity index (χ1) is 14.9. The maximum atomic E-state index is 14.1. The molecule has 3 aromatic rings. The van der Waals surface area contributed by atoms with Crippen LogP contribution in [0.4, 0.5) is 23.4 Å². The lowest BCUT2D eigenvalue weighted by atomic mass is 9.92. The number of thiophene rings is 1. The van der Waals surface area contributed by atoms with Crippen molar-refractivity contribution in [2.45, 2.75) is 38.0 Å². The second-order valence-electron chi connectivity index (χ2n) is 8.33. The Morgan fingerprint density at radius 2 is 1.94 bits per heavy atom. The quantitative estimate of drug-likeness (QED) is 0.522. The van der Waals surface area contributed by atoms with Gasteiger partial charge < -0.3 is 4.90 Å². The summed E-state index contributed by atoms with van der Waals surface area (Å²) in [6, 6.07) is 8.88. The number of rotatable bonds is 4. The average Bonchev–Trinajstić information content (AvgIpc) is 3.31. The Morgan fingerprint density at radius 1 is 1.10 bits per heavy atom. The van der Waals surface area contributed by atoms with E-state index in [1.54, 1.807) is 12.1 Å². The summed E-state index contributed by atoms with van der Waals surface area (Å²) in [5.41, 5.74) is 0.721. The fourth-order valence-electron chi connectivity index (χ4n) is 4.95. The third kappa shape index (κ3) is 4.25. The van der Waals surface area contributed by atoms with Crippen LogP contribution >= 0.6 is 11.3 Å². The van der Waals surface area contributed by atoms with Crippen LogP contribution < -0.4 is 4.90 Å². The van der Waals surface area contributed by atoms with Crippen molar-refractivity contribution in [3.8, 4) is 0 Å². The lowest BCUT2D eigenvalue weighted by Crippen LogP contribution is -2.46. The van der Waals surface area contributed by atoms with Crippen LogP contribution in [0.3, 0.4) is 0 Å². The summed E-state index contributed by atoms with van der Waals surface area (Å²) in [6.45, 7) is 3.10. The standard InChI is InChI=1S/C22H22F4N4S/c23-18-4-2-1-3-14(18)11-29-7-5-15-12-30(8-6-19(15)29)20-17-9-16(10-22(24,25)26)31-21(17)28-13-27-20/h1-4,9,13,15,19H,5-8,10-12H2/t15-,19+/m0/s1. The van der Waals surface area contributed by atoms with Crippen molar-refractivity contribution in [2.24, 2.45) is 5.92 Å². The Morgan fingerprint density at radius 3 is 2.74 bits per heavy atom. The molecule has 2 aliphatic rings. The maximum absolute atomic E-state index is 14.1. The van der Waals surface area contributed by atoms with Crippen LogP contribution in [0.25, 0.3) is 10.2 Å². The molecule has 2 aromatic heterocycles. The molecule has 0 N–H and O–H groups in total. The highest BCUT2D eigenvalue weighted by Crippen LogP contribution is 2.38. The van der Waals surface area contributed by atoms with Crippen molar-refractivity contribution in [3.63, 3.8) is 0 Å². The number of hydrogen-bond acceptors (Lipinski definition) is 5. The number of nitrogens with zero attached hydrogens (tertiary/aromatic N) is 4. The van der Waals surface area contributed by atoms with Gasteiger partial charge in [-0.15, -0.1) is 11.3 Å². The second kappa shape index (κ2) is 8.02. The van der Waals surface area contributed by atoms with Crippen LogP contribution in [0.1, 0.15) is 23.3 Å². The molecular weight excluding hydrogens is 428 g/mol. The second-order valence-corrected chi connectivity index (χ2v) is 9.45. The van der Waals surface area contributed by atoms with Crippen LogP contribution in [0.15, 0.2) is 36.7 Å². The Balaban J connectivity index is 1.32. The summed E-state index contributed by atoms with van der Waals surface area (Å²) in [6.07, 6.45) is -1.80. The molecule has 9 heteroatoms. The van der Waals surface area contributed by atoms with Gasteiger partial charge in [-0.25, -0.2) is 14.4 Å². The molecule has 0 radical (unpaired) electrons. The van der Waals surface area contributed by atoms with Gasteiger partial charge in [0, 0.05) is 36.1 Å². The van der Waals surface area contributed by atoms with Gasteiger partial charge in [-0.2, -0.15) is 13.2 Å². The number of fused-ring (bicyclic) bond motifs is 2. The van der Waals surface area contributed by atoms with E-state index >= 15 is 0 Å². The molecule has 164 valence electrons. The van der Waals surface area contributed by atoms with Crippen LogP contribution in [0.5, 0.6) is 0 Å². The summed E-state index contributed by atoms with van der Waals surface area (Å²) in [4.78, 5) is 14.0. The molecule has 5 rings (SSSR count). The SMILES string of the molecule is Fc1ccccc1CN1CC[C@H]2CN(c3ncnc4sc(CC(F)(F)F)cc34)CC[C@H]21. The van der Waals surface area contributed by atoms with E-state index in [-0.39, 0.29) is 10.7 Å². The van der Waals surface area contributed by atoms with Crippen molar-refractivity contribution in [2.75, 3.05) is 24.5 Å². The van der Waals surface area contributed by atoms with Crippen LogP contribution in [0.2, 0.25) is 0 Å². The number of halogens is 4. The van der Waals surface area contributed by atoms with E-state index in [9.17, 15) is 17.6 Å². The molecule has 2 atom stereocenters. The highest BCUT2D eigenvalue weighted by molar-refractivity contribution is 7.18. The normalized spacial score (nSPS) is 22.3. The summed E-state index contributed by atoms with van der Waals surface area (Å²) in [5, 5.41) is 0.700. The Labute approximate surface area is 181 Å². The molecule has 0 aliphatic carbocycles. The van der Waals surface area contributed by atoms with E-state index in [4.69, 9.17) is 0 Å². The zero-order valence-electron chi connectivity index (χ0n) is 16.8. The zero-order valence-corrected chi connectivity index (χ0v) is 17.6. The van der Waals surface area contributed by atoms with E-state index in [2.05, 4.69) is 19.8 Å². The molecule has 4 heterocycles. The van der Waals surface area contributed by atoms with Gasteiger partial charge in [-0.3, -0.25) is 4.90 Å². The molecule has 0 amide bonds. The predicted molar refractivity (Wildman–Crippen MR) is 113 cm³/mol. The lowest BCUT2D eigenvalue weighted by Gasteiger charge is -2.38. The number of benzene rings is 1. The molecule has 4 nitrogen and oxygen atoms in total. The first-order valence-corrected chi connectivity index (χ1v) is 11.2. The van der Waals surface area contributed by atoms with E-state index in [0.717, 1.165) is 55.2 Å². The van der Waals surface area contributed by atoms with Gasteiger partial charge in [0.15, 0.2) is 0 Å². The van der Waals surface area contributed by atoms with Crippen molar-refractivity contribution in [3.05, 3.63) is 52.9 Å². The van der Waals surface area contributed by atoms with Gasteiger partial charge in [0.1, 0.15) is 22.8 Å². The van der Waals surface area contributed by atoms with Crippen molar-refractivity contribution in [1.82, 2.24) is 14.9 Å². The van der Waals surface area contributed by atoms with E-state index in [1.807, 2.05) is 12.1 Å². The van der Waals surface area contributed by atoms with E-state index < -0.39 is 12.6 Å². The predicted octanol–water partition coefficient (Wildman–Crippen LogP) is 5.04. The van der Waals surface area contributed by atoms with Gasteiger partial charge in [0.25, 0.3) is 0 Å². The molecular formula is C22H22F4N4S. The van der Waals surface area contributed by atoms with Gasteiger partial charge in [0.05, 0.1) is 11.8 Å². The minimum absolute atomic E-state index is 0.168. The Kier molecular flexibility index (Phi) is 5.34. The third-order valence-electron chi connectivity index (χ3n) is 6.31. The molecule has 0 spiro atoms. The van der Waals surface area contributed by atoms with Crippen molar-refractivity contribution >= 4 is 27.4 Å².